The summed E-state index contributed by atoms with van der Waals surface area (Å²) in [5.41, 5.74) is 6.54. The van der Waals surface area contributed by atoms with Gasteiger partial charge in [0.2, 0.25) is 0 Å². The lowest BCUT2D eigenvalue weighted by Gasteiger charge is -2.16. The summed E-state index contributed by atoms with van der Waals surface area (Å²) in [6.45, 7) is 0. The van der Waals surface area contributed by atoms with E-state index in [1.54, 1.807) is 6.07 Å². The van der Waals surface area contributed by atoms with Gasteiger partial charge in [-0.25, -0.2) is 4.39 Å². The van der Waals surface area contributed by atoms with E-state index < -0.39 is 0 Å². The van der Waals surface area contributed by atoms with Crippen LogP contribution >= 0.6 is 0 Å². The molecule has 0 amide bonds. The van der Waals surface area contributed by atoms with Crippen LogP contribution in [0.2, 0.25) is 0 Å². The third kappa shape index (κ3) is 3.09. The highest BCUT2D eigenvalue weighted by Gasteiger charge is 2.16. The third-order valence-electron chi connectivity index (χ3n) is 6.02. The zero-order valence-corrected chi connectivity index (χ0v) is 17.4. The average Bonchev–Trinajstić information content (AvgIpc) is 3.23. The van der Waals surface area contributed by atoms with Crippen LogP contribution in [0.25, 0.3) is 49.7 Å². The number of nitrogens with zero attached hydrogens (tertiary/aromatic N) is 1. The molecule has 32 heavy (non-hydrogen) atoms. The monoisotopic (exact) mass is 414 g/mol. The van der Waals surface area contributed by atoms with E-state index in [2.05, 4.69) is 83.4 Å². The Bertz CT molecular complexity index is 1560. The number of rotatable bonds is 3. The summed E-state index contributed by atoms with van der Waals surface area (Å²) >= 11 is 0. The van der Waals surface area contributed by atoms with Crippen molar-refractivity contribution in [1.82, 2.24) is 4.57 Å². The normalized spacial score (nSPS) is 11.3. The summed E-state index contributed by atoms with van der Waals surface area (Å²) < 4.78 is 16.4. The van der Waals surface area contributed by atoms with Gasteiger partial charge in [0.25, 0.3) is 0 Å². The molecule has 0 aliphatic heterocycles. The van der Waals surface area contributed by atoms with E-state index in [4.69, 9.17) is 0 Å². The van der Waals surface area contributed by atoms with Crippen molar-refractivity contribution in [2.75, 3.05) is 0 Å². The first-order chi connectivity index (χ1) is 15.8. The van der Waals surface area contributed by atoms with E-state index in [0.29, 0.717) is 0 Å². The van der Waals surface area contributed by atoms with E-state index >= 15 is 0 Å². The van der Waals surface area contributed by atoms with Gasteiger partial charge in [0, 0.05) is 10.8 Å². The highest BCUT2D eigenvalue weighted by molar-refractivity contribution is 5.98. The fraction of sp³-hybridized carbons (Fsp3) is 0. The Morgan fingerprint density at radius 1 is 0.500 bits per heavy atom. The molecular weight excluding hydrogens is 394 g/mol. The van der Waals surface area contributed by atoms with E-state index in [0.717, 1.165) is 38.8 Å². The topological polar surface area (TPSA) is 4.93 Å². The number of hydrogen-bond acceptors (Lipinski definition) is 0. The molecule has 6 rings (SSSR count). The maximum Gasteiger partial charge on any atom is 0.123 e. The van der Waals surface area contributed by atoms with Crippen molar-refractivity contribution in [2.24, 2.45) is 0 Å². The van der Waals surface area contributed by atoms with Crippen molar-refractivity contribution < 1.29 is 4.39 Å². The van der Waals surface area contributed by atoms with Crippen LogP contribution in [0.5, 0.6) is 0 Å². The lowest BCUT2D eigenvalue weighted by Crippen LogP contribution is -1.99. The minimum Gasteiger partial charge on any atom is -0.309 e. The predicted molar refractivity (Wildman–Crippen MR) is 132 cm³/mol. The Morgan fingerprint density at radius 3 is 1.97 bits per heavy atom. The summed E-state index contributed by atoms with van der Waals surface area (Å²) in [6.07, 6.45) is 0. The van der Waals surface area contributed by atoms with Crippen LogP contribution in [0.1, 0.15) is 0 Å². The molecule has 0 fully saturated rings. The highest BCUT2D eigenvalue weighted by Crippen LogP contribution is 2.37. The lowest BCUT2D eigenvalue weighted by molar-refractivity contribution is 0.629. The maximum atomic E-state index is 14.1. The smallest absolute Gasteiger partial charge is 0.123 e. The van der Waals surface area contributed by atoms with Crippen molar-refractivity contribution in [2.45, 2.75) is 0 Å². The quantitative estimate of drug-likeness (QED) is 0.275. The zero-order chi connectivity index (χ0) is 21.5. The van der Waals surface area contributed by atoms with Crippen molar-refractivity contribution in [1.29, 1.82) is 0 Å². The van der Waals surface area contributed by atoms with Gasteiger partial charge in [0.15, 0.2) is 0 Å². The first kappa shape index (κ1) is 18.6. The second-order valence-corrected chi connectivity index (χ2v) is 8.02. The van der Waals surface area contributed by atoms with Crippen LogP contribution in [0.4, 0.5) is 4.39 Å². The van der Waals surface area contributed by atoms with E-state index in [-0.39, 0.29) is 5.82 Å². The lowest BCUT2D eigenvalue weighted by atomic mass is 9.99. The molecular formula is C30H20FN. The summed E-state index contributed by atoms with van der Waals surface area (Å²) in [7, 11) is 0. The molecule has 0 N–H and O–H groups in total. The number of aromatic nitrogens is 1. The SMILES string of the molecule is Fc1ccc2c(c1)c[13c](-c1ccccc1)n2-c1cc(-c2ccccc2)cc2ccccc12. The molecule has 1 heterocycles. The molecule has 0 atom stereocenters. The Labute approximate surface area is 186 Å². The molecule has 152 valence electrons. The summed E-state index contributed by atoms with van der Waals surface area (Å²) in [6, 6.07) is 40.8. The standard InChI is InChI=1S/C30H20FN/c31-26-15-16-28-25(18-26)20-29(22-11-5-2-6-12-22)32(28)30-19-24(21-9-3-1-4-10-21)17-23-13-7-8-14-27(23)30/h1-20H/i29+1. The second-order valence-electron chi connectivity index (χ2n) is 8.02. The first-order valence-corrected chi connectivity index (χ1v) is 10.7. The van der Waals surface area contributed by atoms with Crippen molar-refractivity contribution >= 4 is 21.7 Å². The molecule has 0 saturated heterocycles. The summed E-state index contributed by atoms with van der Waals surface area (Å²) in [5.74, 6) is -0.225. The number of benzene rings is 5. The first-order valence-electron chi connectivity index (χ1n) is 10.7. The van der Waals surface area contributed by atoms with Gasteiger partial charge in [-0.05, 0) is 58.5 Å². The van der Waals surface area contributed by atoms with Gasteiger partial charge >= 0.3 is 0 Å². The largest absolute Gasteiger partial charge is 0.309 e. The second kappa shape index (κ2) is 7.51. The van der Waals surface area contributed by atoms with E-state index in [1.807, 2.05) is 30.3 Å². The summed E-state index contributed by atoms with van der Waals surface area (Å²) in [5, 5.41) is 3.22. The fourth-order valence-corrected chi connectivity index (χ4v) is 4.54. The molecule has 1 nitrogen and oxygen atoms in total. The molecule has 0 unspecified atom stereocenters. The molecule has 0 bridgehead atoms. The van der Waals surface area contributed by atoms with Crippen LogP contribution in [-0.2, 0) is 0 Å². The molecule has 0 radical (unpaired) electrons. The minimum absolute atomic E-state index is 0.225. The van der Waals surface area contributed by atoms with Gasteiger partial charge in [-0.3, -0.25) is 0 Å². The minimum atomic E-state index is -0.225. The molecule has 0 aliphatic carbocycles. The molecule has 0 spiro atoms. The van der Waals surface area contributed by atoms with Crippen LogP contribution in [0, 0.1) is 5.82 Å². The van der Waals surface area contributed by atoms with Gasteiger partial charge in [-0.2, -0.15) is 0 Å². The molecule has 2 heteroatoms. The van der Waals surface area contributed by atoms with Crippen LogP contribution in [-0.4, -0.2) is 4.57 Å². The number of fused-ring (bicyclic) bond motifs is 2. The van der Waals surface area contributed by atoms with Crippen molar-refractivity contribution in [3.8, 4) is 28.1 Å². The van der Waals surface area contributed by atoms with E-state index in [1.165, 1.54) is 17.0 Å². The molecule has 1 aromatic heterocycles. The van der Waals surface area contributed by atoms with Crippen molar-refractivity contribution in [3.63, 3.8) is 0 Å². The molecule has 0 saturated carbocycles. The van der Waals surface area contributed by atoms with Gasteiger partial charge in [0.1, 0.15) is 5.82 Å². The third-order valence-corrected chi connectivity index (χ3v) is 6.02. The maximum absolute atomic E-state index is 14.1. The zero-order valence-electron chi connectivity index (χ0n) is 17.4. The van der Waals surface area contributed by atoms with Gasteiger partial charge in [-0.1, -0.05) is 84.9 Å². The molecule has 6 aromatic rings. The summed E-state index contributed by atoms with van der Waals surface area (Å²) in [4.78, 5) is 0. The van der Waals surface area contributed by atoms with Gasteiger partial charge < -0.3 is 4.57 Å². The number of halogens is 1. The van der Waals surface area contributed by atoms with Crippen LogP contribution in [0.15, 0.2) is 121 Å². The Morgan fingerprint density at radius 2 is 1.19 bits per heavy atom. The van der Waals surface area contributed by atoms with Gasteiger partial charge in [-0.15, -0.1) is 0 Å². The molecule has 0 aliphatic rings. The van der Waals surface area contributed by atoms with Gasteiger partial charge in [0.05, 0.1) is 16.9 Å². The Balaban J connectivity index is 1.73. The number of hydrogen-bond donors (Lipinski definition) is 0. The molecule has 5 aromatic carbocycles. The Hall–Kier alpha value is -4.17. The predicted octanol–water partition coefficient (Wildman–Crippen LogP) is 8.26. The highest BCUT2D eigenvalue weighted by atomic mass is 19.1. The Kier molecular flexibility index (Phi) is 4.36. The van der Waals surface area contributed by atoms with Crippen molar-refractivity contribution in [3.05, 3.63) is 127 Å². The van der Waals surface area contributed by atoms with Crippen LogP contribution < -0.4 is 0 Å². The van der Waals surface area contributed by atoms with E-state index in [9.17, 15) is 4.39 Å². The average molecular weight is 414 g/mol. The fourth-order valence-electron chi connectivity index (χ4n) is 4.54. The van der Waals surface area contributed by atoms with Crippen LogP contribution in [0.3, 0.4) is 0 Å².